The second kappa shape index (κ2) is 8.02. The highest BCUT2D eigenvalue weighted by atomic mass is 16.3. The molecule has 0 aliphatic rings. The molecule has 0 saturated carbocycles. The number of aliphatic hydroxyl groups excluding tert-OH is 1. The number of allylic oxidation sites excluding steroid dienone is 3. The van der Waals surface area contributed by atoms with E-state index in [1.54, 1.807) is 62.4 Å². The van der Waals surface area contributed by atoms with Gasteiger partial charge in [0.2, 0.25) is 0 Å². The average Bonchev–Trinajstić information content (AvgIpc) is 2.57. The molecule has 0 unspecified atom stereocenters. The number of hydrogen-bond donors (Lipinski definition) is 3. The van der Waals surface area contributed by atoms with Gasteiger partial charge in [0.25, 0.3) is 0 Å². The van der Waals surface area contributed by atoms with Crippen LogP contribution < -0.4 is 0 Å². The molecule has 0 spiro atoms. The summed E-state index contributed by atoms with van der Waals surface area (Å²) >= 11 is 0. The molecular weight excluding hydrogens is 316 g/mol. The highest BCUT2D eigenvalue weighted by Crippen LogP contribution is 2.19. The summed E-state index contributed by atoms with van der Waals surface area (Å²) in [6, 6.07) is 10.1. The molecule has 0 bridgehead atoms. The van der Waals surface area contributed by atoms with Crippen LogP contribution in [0.15, 0.2) is 60.4 Å². The lowest BCUT2D eigenvalue weighted by Gasteiger charge is -1.99. The summed E-state index contributed by atoms with van der Waals surface area (Å²) in [5.41, 5.74) is 3.04. The average molecular weight is 336 g/mol. The number of hydrogen-bond acceptors (Lipinski definition) is 4. The third kappa shape index (κ3) is 5.39. The van der Waals surface area contributed by atoms with Crippen molar-refractivity contribution in [3.63, 3.8) is 0 Å². The predicted octanol–water partition coefficient (Wildman–Crippen LogP) is 4.45. The summed E-state index contributed by atoms with van der Waals surface area (Å²) in [6.07, 6.45) is 7.15. The molecule has 2 rings (SSSR count). The van der Waals surface area contributed by atoms with Crippen molar-refractivity contribution in [3.05, 3.63) is 82.6 Å². The van der Waals surface area contributed by atoms with Crippen molar-refractivity contribution in [1.82, 2.24) is 0 Å². The molecule has 0 heterocycles. The Kier molecular flexibility index (Phi) is 5.79. The lowest BCUT2D eigenvalue weighted by atomic mass is 10.1. The smallest absolute Gasteiger partial charge is 0.182 e. The number of ketones is 1. The minimum Gasteiger partial charge on any atom is -0.508 e. The molecule has 0 aliphatic carbocycles. The number of benzene rings is 2. The molecule has 0 aromatic heterocycles. The molecule has 0 saturated heterocycles. The first-order valence-electron chi connectivity index (χ1n) is 7.75. The van der Waals surface area contributed by atoms with E-state index < -0.39 is 0 Å². The summed E-state index contributed by atoms with van der Waals surface area (Å²) in [7, 11) is 0. The van der Waals surface area contributed by atoms with Crippen LogP contribution >= 0.6 is 0 Å². The van der Waals surface area contributed by atoms with Crippen LogP contribution in [0.25, 0.3) is 12.2 Å². The zero-order valence-electron chi connectivity index (χ0n) is 14.1. The van der Waals surface area contributed by atoms with Gasteiger partial charge in [0, 0.05) is 6.08 Å². The van der Waals surface area contributed by atoms with Crippen molar-refractivity contribution >= 4 is 17.9 Å². The van der Waals surface area contributed by atoms with Crippen molar-refractivity contribution in [2.45, 2.75) is 13.8 Å². The molecule has 4 nitrogen and oxygen atoms in total. The molecule has 2 aromatic carbocycles. The Balaban J connectivity index is 2.03. The molecule has 2 aromatic rings. The van der Waals surface area contributed by atoms with Crippen LogP contribution in [0.3, 0.4) is 0 Å². The number of rotatable bonds is 5. The molecule has 0 fully saturated rings. The van der Waals surface area contributed by atoms with E-state index in [-0.39, 0.29) is 23.0 Å². The summed E-state index contributed by atoms with van der Waals surface area (Å²) in [6.45, 7) is 3.55. The van der Waals surface area contributed by atoms with Crippen LogP contribution in [0.4, 0.5) is 0 Å². The summed E-state index contributed by atoms with van der Waals surface area (Å²) in [4.78, 5) is 11.8. The highest BCUT2D eigenvalue weighted by Gasteiger charge is 1.98. The molecule has 128 valence electrons. The Morgan fingerprint density at radius 2 is 1.32 bits per heavy atom. The number of aliphatic hydroxyl groups is 1. The van der Waals surface area contributed by atoms with Crippen LogP contribution in [-0.4, -0.2) is 21.1 Å². The molecule has 3 N–H and O–H groups in total. The standard InChI is InChI=1S/C21H20O4/c1-14-11-16(5-9-20(14)24)3-7-18(22)13-19(23)8-4-17-6-10-21(25)15(2)12-17/h3-13,22,24-25H,1-2H3/b7-3+,8-4+,18-13?. The highest BCUT2D eigenvalue weighted by molar-refractivity contribution is 6.02. The number of phenols is 2. The monoisotopic (exact) mass is 336 g/mol. The maximum absolute atomic E-state index is 11.8. The second-order valence-electron chi connectivity index (χ2n) is 5.73. The molecule has 0 aliphatic heterocycles. The van der Waals surface area contributed by atoms with Gasteiger partial charge in [-0.2, -0.15) is 0 Å². The van der Waals surface area contributed by atoms with Gasteiger partial charge in [0.1, 0.15) is 17.3 Å². The molecule has 0 radical (unpaired) electrons. The maximum atomic E-state index is 11.8. The quantitative estimate of drug-likeness (QED) is 0.428. The minimum atomic E-state index is -0.352. The zero-order chi connectivity index (χ0) is 18.4. The van der Waals surface area contributed by atoms with E-state index in [4.69, 9.17) is 0 Å². The number of carbonyl (C=O) groups excluding carboxylic acids is 1. The van der Waals surface area contributed by atoms with E-state index in [0.717, 1.165) is 28.3 Å². The van der Waals surface area contributed by atoms with Crippen LogP contribution in [0.2, 0.25) is 0 Å². The lowest BCUT2D eigenvalue weighted by molar-refractivity contribution is -0.110. The fourth-order valence-electron chi connectivity index (χ4n) is 2.17. The van der Waals surface area contributed by atoms with Gasteiger partial charge in [-0.1, -0.05) is 24.3 Å². The molecule has 25 heavy (non-hydrogen) atoms. The Labute approximate surface area is 146 Å². The first-order valence-corrected chi connectivity index (χ1v) is 7.75. The lowest BCUT2D eigenvalue weighted by Crippen LogP contribution is -1.89. The van der Waals surface area contributed by atoms with Crippen molar-refractivity contribution in [2.24, 2.45) is 0 Å². The molecular formula is C21H20O4. The fourth-order valence-corrected chi connectivity index (χ4v) is 2.17. The summed E-state index contributed by atoms with van der Waals surface area (Å²) < 4.78 is 0. The number of phenolic OH excluding ortho intramolecular Hbond substituents is 2. The van der Waals surface area contributed by atoms with Crippen molar-refractivity contribution in [3.8, 4) is 11.5 Å². The van der Waals surface area contributed by atoms with Gasteiger partial charge in [-0.05, 0) is 72.5 Å². The minimum absolute atomic E-state index is 0.165. The van der Waals surface area contributed by atoms with Crippen molar-refractivity contribution in [2.75, 3.05) is 0 Å². The Hall–Kier alpha value is -3.27. The Bertz CT molecular complexity index is 873. The van der Waals surface area contributed by atoms with Gasteiger partial charge in [-0.15, -0.1) is 0 Å². The third-order valence-corrected chi connectivity index (χ3v) is 3.62. The largest absolute Gasteiger partial charge is 0.508 e. The SMILES string of the molecule is Cc1cc(/C=C/C(=O)C=C(O)/C=C/c2ccc(O)c(C)c2)ccc1O. The van der Waals surface area contributed by atoms with E-state index in [1.807, 2.05) is 0 Å². The van der Waals surface area contributed by atoms with Gasteiger partial charge in [-0.25, -0.2) is 0 Å². The fraction of sp³-hybridized carbons (Fsp3) is 0.0952. The van der Waals surface area contributed by atoms with Gasteiger partial charge >= 0.3 is 0 Å². The third-order valence-electron chi connectivity index (χ3n) is 3.62. The van der Waals surface area contributed by atoms with E-state index in [1.165, 1.54) is 12.2 Å². The Morgan fingerprint density at radius 3 is 1.80 bits per heavy atom. The van der Waals surface area contributed by atoms with Gasteiger partial charge in [0.05, 0.1) is 0 Å². The van der Waals surface area contributed by atoms with Gasteiger partial charge < -0.3 is 15.3 Å². The molecule has 0 atom stereocenters. The summed E-state index contributed by atoms with van der Waals surface area (Å²) in [5, 5.41) is 28.8. The van der Waals surface area contributed by atoms with Crippen LogP contribution in [-0.2, 0) is 4.79 Å². The van der Waals surface area contributed by atoms with E-state index >= 15 is 0 Å². The predicted molar refractivity (Wildman–Crippen MR) is 99.5 cm³/mol. The van der Waals surface area contributed by atoms with E-state index in [9.17, 15) is 20.1 Å². The van der Waals surface area contributed by atoms with E-state index in [2.05, 4.69) is 0 Å². The number of aryl methyl sites for hydroxylation is 2. The molecule has 4 heteroatoms. The second-order valence-corrected chi connectivity index (χ2v) is 5.73. The first kappa shape index (κ1) is 18.1. The van der Waals surface area contributed by atoms with Crippen LogP contribution in [0.5, 0.6) is 11.5 Å². The molecule has 0 amide bonds. The first-order chi connectivity index (χ1) is 11.8. The van der Waals surface area contributed by atoms with Crippen LogP contribution in [0.1, 0.15) is 22.3 Å². The van der Waals surface area contributed by atoms with Crippen LogP contribution in [0, 0.1) is 13.8 Å². The number of carbonyl (C=O) groups is 1. The normalized spacial score (nSPS) is 12.2. The number of aromatic hydroxyl groups is 2. The summed E-state index contributed by atoms with van der Waals surface area (Å²) in [5.74, 6) is -0.102. The van der Waals surface area contributed by atoms with E-state index in [0.29, 0.717) is 0 Å². The maximum Gasteiger partial charge on any atom is 0.182 e. The van der Waals surface area contributed by atoms with Gasteiger partial charge in [-0.3, -0.25) is 4.79 Å². The zero-order valence-corrected chi connectivity index (χ0v) is 14.1. The topological polar surface area (TPSA) is 77.8 Å². The Morgan fingerprint density at radius 1 is 0.840 bits per heavy atom. The van der Waals surface area contributed by atoms with Crippen molar-refractivity contribution < 1.29 is 20.1 Å². The van der Waals surface area contributed by atoms with Crippen molar-refractivity contribution in [1.29, 1.82) is 0 Å². The van der Waals surface area contributed by atoms with Gasteiger partial charge in [0.15, 0.2) is 5.78 Å².